The molecule has 2 rings (SSSR count). The normalized spacial score (nSPS) is 10.3. The number of ether oxygens (including phenoxy) is 1. The van der Waals surface area contributed by atoms with E-state index in [0.717, 1.165) is 15.4 Å². The van der Waals surface area contributed by atoms with E-state index in [1.54, 1.807) is 11.3 Å². The Morgan fingerprint density at radius 1 is 1.62 bits per heavy atom. The number of aromatic nitrogens is 1. The molecule has 0 fully saturated rings. The van der Waals surface area contributed by atoms with Crippen molar-refractivity contribution in [2.24, 2.45) is 0 Å². The van der Waals surface area contributed by atoms with E-state index >= 15 is 0 Å². The van der Waals surface area contributed by atoms with Crippen LogP contribution in [-0.2, 0) is 16.0 Å². The summed E-state index contributed by atoms with van der Waals surface area (Å²) in [5.74, 6) is -0.276. The van der Waals surface area contributed by atoms with E-state index in [2.05, 4.69) is 9.72 Å². The van der Waals surface area contributed by atoms with Gasteiger partial charge in [-0.2, -0.15) is 0 Å². The van der Waals surface area contributed by atoms with Gasteiger partial charge in [0, 0.05) is 4.88 Å². The van der Waals surface area contributed by atoms with Crippen LogP contribution in [0.25, 0.3) is 10.6 Å². The van der Waals surface area contributed by atoms with Crippen LogP contribution in [-0.4, -0.2) is 18.1 Å². The minimum atomic E-state index is -0.276. The van der Waals surface area contributed by atoms with Crippen molar-refractivity contribution in [1.82, 2.24) is 4.98 Å². The molecule has 2 heterocycles. The molecule has 0 aliphatic rings. The van der Waals surface area contributed by atoms with Crippen molar-refractivity contribution in [2.75, 3.05) is 12.8 Å². The highest BCUT2D eigenvalue weighted by Gasteiger charge is 2.15. The van der Waals surface area contributed by atoms with Gasteiger partial charge in [0.1, 0.15) is 0 Å². The van der Waals surface area contributed by atoms with Gasteiger partial charge in [0.15, 0.2) is 5.13 Å². The van der Waals surface area contributed by atoms with Crippen molar-refractivity contribution >= 4 is 33.8 Å². The van der Waals surface area contributed by atoms with Gasteiger partial charge in [-0.15, -0.1) is 22.7 Å². The molecular weight excluding hydrogens is 244 g/mol. The summed E-state index contributed by atoms with van der Waals surface area (Å²) in [6, 6.07) is 3.90. The van der Waals surface area contributed by atoms with Crippen LogP contribution >= 0.6 is 22.7 Å². The minimum absolute atomic E-state index is 0.221. The number of carbonyl (C=O) groups is 1. The summed E-state index contributed by atoms with van der Waals surface area (Å²) in [4.78, 5) is 17.3. The molecule has 0 aromatic carbocycles. The molecule has 16 heavy (non-hydrogen) atoms. The molecule has 0 radical (unpaired) electrons. The molecule has 0 saturated carbocycles. The van der Waals surface area contributed by atoms with Gasteiger partial charge in [-0.25, -0.2) is 4.98 Å². The third-order valence-electron chi connectivity index (χ3n) is 2.00. The highest BCUT2D eigenvalue weighted by atomic mass is 32.1. The fraction of sp³-hybridized carbons (Fsp3) is 0.200. The molecule has 0 amide bonds. The Kier molecular flexibility index (Phi) is 3.21. The van der Waals surface area contributed by atoms with Crippen LogP contribution in [0.1, 0.15) is 4.88 Å². The smallest absolute Gasteiger partial charge is 0.310 e. The number of rotatable bonds is 3. The lowest BCUT2D eigenvalue weighted by atomic mass is 10.2. The van der Waals surface area contributed by atoms with E-state index in [1.807, 2.05) is 17.5 Å². The second-order valence-corrected chi connectivity index (χ2v) is 5.12. The van der Waals surface area contributed by atoms with Crippen molar-refractivity contribution in [1.29, 1.82) is 0 Å². The van der Waals surface area contributed by atoms with Crippen LogP contribution in [0.4, 0.5) is 5.13 Å². The Bertz CT molecular complexity index is 491. The van der Waals surface area contributed by atoms with E-state index in [9.17, 15) is 4.79 Å². The lowest BCUT2D eigenvalue weighted by Gasteiger charge is -1.98. The SMILES string of the molecule is COC(=O)Cc1sc(N)nc1-c1cccs1. The van der Waals surface area contributed by atoms with Crippen LogP contribution in [0.3, 0.4) is 0 Å². The molecule has 0 unspecified atom stereocenters. The van der Waals surface area contributed by atoms with E-state index in [4.69, 9.17) is 5.73 Å². The molecule has 84 valence electrons. The Hall–Kier alpha value is -1.40. The molecule has 2 aromatic heterocycles. The highest BCUT2D eigenvalue weighted by molar-refractivity contribution is 7.17. The standard InChI is InChI=1S/C10H10N2O2S2/c1-14-8(13)5-7-9(12-10(11)16-7)6-3-2-4-15-6/h2-4H,5H2,1H3,(H2,11,12). The molecule has 6 heteroatoms. The van der Waals surface area contributed by atoms with E-state index in [1.165, 1.54) is 18.4 Å². The van der Waals surface area contributed by atoms with Crippen LogP contribution in [0.2, 0.25) is 0 Å². The maximum atomic E-state index is 11.2. The molecule has 2 aromatic rings. The zero-order valence-corrected chi connectivity index (χ0v) is 10.2. The molecule has 0 saturated heterocycles. The number of esters is 1. The first-order chi connectivity index (χ1) is 7.70. The topological polar surface area (TPSA) is 65.2 Å². The highest BCUT2D eigenvalue weighted by Crippen LogP contribution is 2.32. The van der Waals surface area contributed by atoms with Crippen molar-refractivity contribution < 1.29 is 9.53 Å². The summed E-state index contributed by atoms with van der Waals surface area (Å²) < 4.78 is 4.64. The number of nitrogens with two attached hydrogens (primary N) is 1. The van der Waals surface area contributed by atoms with Crippen molar-refractivity contribution in [3.8, 4) is 10.6 Å². The second kappa shape index (κ2) is 4.63. The van der Waals surface area contributed by atoms with Crippen LogP contribution in [0.5, 0.6) is 0 Å². The largest absolute Gasteiger partial charge is 0.469 e. The zero-order chi connectivity index (χ0) is 11.5. The molecule has 2 N–H and O–H groups in total. The van der Waals surface area contributed by atoms with Gasteiger partial charge in [0.05, 0.1) is 24.1 Å². The number of thiophene rings is 1. The number of anilines is 1. The average molecular weight is 254 g/mol. The number of hydrogen-bond donors (Lipinski definition) is 1. The predicted molar refractivity (Wildman–Crippen MR) is 65.6 cm³/mol. The fourth-order valence-electron chi connectivity index (χ4n) is 1.30. The van der Waals surface area contributed by atoms with Crippen molar-refractivity contribution in [3.63, 3.8) is 0 Å². The minimum Gasteiger partial charge on any atom is -0.469 e. The van der Waals surface area contributed by atoms with E-state index < -0.39 is 0 Å². The molecule has 0 aliphatic carbocycles. The van der Waals surface area contributed by atoms with Gasteiger partial charge in [-0.1, -0.05) is 6.07 Å². The molecule has 0 aliphatic heterocycles. The summed E-state index contributed by atoms with van der Waals surface area (Å²) in [6.07, 6.45) is 0.221. The van der Waals surface area contributed by atoms with Crippen molar-refractivity contribution in [2.45, 2.75) is 6.42 Å². The first-order valence-electron chi connectivity index (χ1n) is 4.56. The average Bonchev–Trinajstić information content (AvgIpc) is 2.87. The van der Waals surface area contributed by atoms with E-state index in [0.29, 0.717) is 5.13 Å². The van der Waals surface area contributed by atoms with Gasteiger partial charge in [-0.3, -0.25) is 4.79 Å². The molecule has 0 bridgehead atoms. The number of thiazole rings is 1. The molecular formula is C10H10N2O2S2. The molecule has 4 nitrogen and oxygen atoms in total. The number of nitrogens with zero attached hydrogens (tertiary/aromatic N) is 1. The Labute approximate surface area is 101 Å². The number of carbonyl (C=O) groups excluding carboxylic acids is 1. The summed E-state index contributed by atoms with van der Waals surface area (Å²) in [7, 11) is 1.37. The van der Waals surface area contributed by atoms with Gasteiger partial charge < -0.3 is 10.5 Å². The van der Waals surface area contributed by atoms with Gasteiger partial charge in [0.2, 0.25) is 0 Å². The zero-order valence-electron chi connectivity index (χ0n) is 8.60. The third kappa shape index (κ3) is 2.23. The third-order valence-corrected chi connectivity index (χ3v) is 3.76. The fourth-order valence-corrected chi connectivity index (χ4v) is 2.94. The summed E-state index contributed by atoms with van der Waals surface area (Å²) >= 11 is 2.90. The van der Waals surface area contributed by atoms with E-state index in [-0.39, 0.29) is 12.4 Å². The summed E-state index contributed by atoms with van der Waals surface area (Å²) in [5, 5.41) is 2.44. The Balaban J connectivity index is 2.34. The lowest BCUT2D eigenvalue weighted by Crippen LogP contribution is -2.03. The maximum absolute atomic E-state index is 11.2. The first kappa shape index (κ1) is 11.1. The quantitative estimate of drug-likeness (QED) is 0.852. The van der Waals surface area contributed by atoms with Crippen LogP contribution in [0, 0.1) is 0 Å². The number of nitrogen functional groups attached to an aromatic ring is 1. The molecule has 0 atom stereocenters. The first-order valence-corrected chi connectivity index (χ1v) is 6.26. The number of methoxy groups -OCH3 is 1. The van der Waals surface area contributed by atoms with Gasteiger partial charge in [0.25, 0.3) is 0 Å². The van der Waals surface area contributed by atoms with Crippen LogP contribution < -0.4 is 5.73 Å². The predicted octanol–water partition coefficient (Wildman–Crippen LogP) is 2.17. The van der Waals surface area contributed by atoms with Crippen molar-refractivity contribution in [3.05, 3.63) is 22.4 Å². The van der Waals surface area contributed by atoms with Crippen LogP contribution in [0.15, 0.2) is 17.5 Å². The second-order valence-electron chi connectivity index (χ2n) is 3.05. The van der Waals surface area contributed by atoms with Gasteiger partial charge >= 0.3 is 5.97 Å². The number of hydrogen-bond acceptors (Lipinski definition) is 6. The Morgan fingerprint density at radius 2 is 2.44 bits per heavy atom. The van der Waals surface area contributed by atoms with Gasteiger partial charge in [-0.05, 0) is 11.4 Å². The molecule has 0 spiro atoms. The summed E-state index contributed by atoms with van der Waals surface area (Å²) in [6.45, 7) is 0. The Morgan fingerprint density at radius 3 is 3.06 bits per heavy atom. The maximum Gasteiger partial charge on any atom is 0.310 e. The lowest BCUT2D eigenvalue weighted by molar-refractivity contribution is -0.139. The summed E-state index contributed by atoms with van der Waals surface area (Å²) in [5.41, 5.74) is 6.46. The monoisotopic (exact) mass is 254 g/mol.